The monoisotopic (exact) mass is 270 g/mol. The first-order valence-corrected chi connectivity index (χ1v) is 6.17. The van der Waals surface area contributed by atoms with Gasteiger partial charge in [0, 0.05) is 12.1 Å². The van der Waals surface area contributed by atoms with Crippen LogP contribution < -0.4 is 5.32 Å². The zero-order chi connectivity index (χ0) is 13.5. The minimum Gasteiger partial charge on any atom is -0.472 e. The van der Waals surface area contributed by atoms with Crippen molar-refractivity contribution in [1.29, 1.82) is 0 Å². The van der Waals surface area contributed by atoms with Gasteiger partial charge < -0.3 is 10.1 Å². The van der Waals surface area contributed by atoms with Crippen LogP contribution in [0.1, 0.15) is 17.5 Å². The molecule has 1 fully saturated rings. The summed E-state index contributed by atoms with van der Waals surface area (Å²) in [5.41, 5.74) is -0.284. The van der Waals surface area contributed by atoms with Crippen molar-refractivity contribution in [2.75, 3.05) is 13.1 Å². The summed E-state index contributed by atoms with van der Waals surface area (Å²) >= 11 is 0. The van der Waals surface area contributed by atoms with Crippen LogP contribution in [0.3, 0.4) is 0 Å². The van der Waals surface area contributed by atoms with Crippen molar-refractivity contribution in [3.63, 3.8) is 0 Å². The number of halogens is 3. The highest BCUT2D eigenvalue weighted by atomic mass is 19.4. The van der Waals surface area contributed by atoms with Crippen LogP contribution in [0.15, 0.2) is 29.3 Å². The molecule has 0 saturated carbocycles. The molecule has 19 heavy (non-hydrogen) atoms. The lowest BCUT2D eigenvalue weighted by atomic mass is 10.1. The molecule has 102 valence electrons. The Morgan fingerprint density at radius 1 is 1.32 bits per heavy atom. The molecule has 3 rings (SSSR count). The molecule has 0 bridgehead atoms. The van der Waals surface area contributed by atoms with Gasteiger partial charge in [-0.15, -0.1) is 0 Å². The molecule has 1 aromatic rings. The van der Waals surface area contributed by atoms with E-state index in [0.29, 0.717) is 18.0 Å². The zero-order valence-electron chi connectivity index (χ0n) is 10.1. The van der Waals surface area contributed by atoms with Gasteiger partial charge in [0.05, 0.1) is 5.56 Å². The first-order valence-electron chi connectivity index (χ1n) is 6.17. The third-order valence-electron chi connectivity index (χ3n) is 3.37. The summed E-state index contributed by atoms with van der Waals surface area (Å²) in [4.78, 5) is 4.37. The molecule has 1 aromatic carbocycles. The summed E-state index contributed by atoms with van der Waals surface area (Å²) in [6.07, 6.45) is -3.52. The Morgan fingerprint density at radius 2 is 2.16 bits per heavy atom. The smallest absolute Gasteiger partial charge is 0.416 e. The van der Waals surface area contributed by atoms with Crippen LogP contribution in [-0.4, -0.2) is 31.1 Å². The van der Waals surface area contributed by atoms with Crippen LogP contribution in [0, 0.1) is 0 Å². The molecular formula is C13H13F3N2O. The van der Waals surface area contributed by atoms with E-state index < -0.39 is 11.7 Å². The normalized spacial score (nSPS) is 26.6. The van der Waals surface area contributed by atoms with Crippen molar-refractivity contribution in [3.05, 3.63) is 35.4 Å². The maximum absolute atomic E-state index is 12.7. The number of aliphatic imine (C=N–C) groups is 1. The van der Waals surface area contributed by atoms with E-state index >= 15 is 0 Å². The Bertz CT molecular complexity index is 513. The fourth-order valence-electron chi connectivity index (χ4n) is 2.38. The Balaban J connectivity index is 1.87. The number of hydrogen-bond acceptors (Lipinski definition) is 3. The second-order valence-electron chi connectivity index (χ2n) is 4.73. The van der Waals surface area contributed by atoms with E-state index in [1.54, 1.807) is 6.07 Å². The Labute approximate surface area is 108 Å². The number of benzene rings is 1. The fraction of sp³-hybridized carbons (Fsp3) is 0.462. The van der Waals surface area contributed by atoms with E-state index in [0.717, 1.165) is 25.1 Å². The summed E-state index contributed by atoms with van der Waals surface area (Å²) in [7, 11) is 0. The first-order chi connectivity index (χ1) is 9.04. The summed E-state index contributed by atoms with van der Waals surface area (Å²) < 4.78 is 43.6. The number of piperidine rings is 1. The number of nitrogens with one attached hydrogen (secondary N) is 1. The van der Waals surface area contributed by atoms with E-state index in [1.807, 2.05) is 0 Å². The Hall–Kier alpha value is -1.56. The quantitative estimate of drug-likeness (QED) is 0.849. The van der Waals surface area contributed by atoms with Gasteiger partial charge in [-0.25, -0.2) is 4.99 Å². The number of ether oxygens (including phenoxy) is 1. The fourth-order valence-corrected chi connectivity index (χ4v) is 2.38. The van der Waals surface area contributed by atoms with Gasteiger partial charge >= 0.3 is 6.18 Å². The van der Waals surface area contributed by atoms with Gasteiger partial charge in [0.2, 0.25) is 5.90 Å². The van der Waals surface area contributed by atoms with Crippen molar-refractivity contribution >= 4 is 5.90 Å². The molecule has 2 aliphatic heterocycles. The minimum atomic E-state index is -4.34. The second-order valence-corrected chi connectivity index (χ2v) is 4.73. The van der Waals surface area contributed by atoms with Crippen molar-refractivity contribution in [2.24, 2.45) is 4.99 Å². The van der Waals surface area contributed by atoms with Crippen molar-refractivity contribution in [3.8, 4) is 0 Å². The van der Waals surface area contributed by atoms with Crippen molar-refractivity contribution < 1.29 is 17.9 Å². The lowest BCUT2D eigenvalue weighted by Gasteiger charge is -2.23. The molecule has 0 aromatic heterocycles. The molecule has 1 saturated heterocycles. The summed E-state index contributed by atoms with van der Waals surface area (Å²) in [5, 5.41) is 3.20. The molecule has 0 spiro atoms. The highest BCUT2D eigenvalue weighted by Crippen LogP contribution is 2.30. The molecule has 6 heteroatoms. The van der Waals surface area contributed by atoms with Crippen LogP contribution in [0.4, 0.5) is 13.2 Å². The molecular weight excluding hydrogens is 257 g/mol. The van der Waals surface area contributed by atoms with E-state index in [2.05, 4.69) is 10.3 Å². The van der Waals surface area contributed by atoms with Crippen LogP contribution in [0.25, 0.3) is 0 Å². The molecule has 2 unspecified atom stereocenters. The van der Waals surface area contributed by atoms with Crippen LogP contribution in [0.5, 0.6) is 0 Å². The minimum absolute atomic E-state index is 0.00853. The van der Waals surface area contributed by atoms with E-state index in [1.165, 1.54) is 6.07 Å². The second kappa shape index (κ2) is 4.52. The maximum atomic E-state index is 12.7. The standard InChI is InChI=1S/C13H13F3N2O/c14-13(15,16)9-3-1-2-8(6-9)12-18-10-7-17-5-4-11(10)19-12/h1-3,6,10-11,17H,4-5,7H2. The maximum Gasteiger partial charge on any atom is 0.416 e. The summed E-state index contributed by atoms with van der Waals surface area (Å²) in [5.74, 6) is 0.324. The predicted octanol–water partition coefficient (Wildman–Crippen LogP) is 2.21. The topological polar surface area (TPSA) is 33.6 Å². The van der Waals surface area contributed by atoms with Gasteiger partial charge in [0.25, 0.3) is 0 Å². The van der Waals surface area contributed by atoms with E-state index in [4.69, 9.17) is 4.74 Å². The van der Waals surface area contributed by atoms with Gasteiger partial charge in [0.15, 0.2) is 0 Å². The number of hydrogen-bond donors (Lipinski definition) is 1. The number of nitrogens with zero attached hydrogens (tertiary/aromatic N) is 1. The lowest BCUT2D eigenvalue weighted by Crippen LogP contribution is -2.41. The van der Waals surface area contributed by atoms with Crippen LogP contribution in [-0.2, 0) is 10.9 Å². The molecule has 0 aliphatic carbocycles. The van der Waals surface area contributed by atoms with Gasteiger partial charge in [0.1, 0.15) is 12.1 Å². The summed E-state index contributed by atoms with van der Waals surface area (Å²) in [6, 6.07) is 5.12. The van der Waals surface area contributed by atoms with Crippen molar-refractivity contribution in [2.45, 2.75) is 24.7 Å². The Morgan fingerprint density at radius 3 is 2.89 bits per heavy atom. The largest absolute Gasteiger partial charge is 0.472 e. The predicted molar refractivity (Wildman–Crippen MR) is 64.1 cm³/mol. The molecule has 2 aliphatic rings. The van der Waals surface area contributed by atoms with Crippen LogP contribution >= 0.6 is 0 Å². The Kier molecular flexibility index (Phi) is 2.97. The number of fused-ring (bicyclic) bond motifs is 1. The lowest BCUT2D eigenvalue weighted by molar-refractivity contribution is -0.137. The molecule has 3 nitrogen and oxygen atoms in total. The highest BCUT2D eigenvalue weighted by molar-refractivity contribution is 5.95. The van der Waals surface area contributed by atoms with E-state index in [9.17, 15) is 13.2 Å². The molecule has 2 atom stereocenters. The SMILES string of the molecule is FC(F)(F)c1cccc(C2=NC3CNCCC3O2)c1. The molecule has 1 N–H and O–H groups in total. The van der Waals surface area contributed by atoms with Gasteiger partial charge in [-0.3, -0.25) is 0 Å². The third kappa shape index (κ3) is 2.45. The number of alkyl halides is 3. The highest BCUT2D eigenvalue weighted by Gasteiger charge is 2.35. The van der Waals surface area contributed by atoms with Gasteiger partial charge in [-0.1, -0.05) is 6.07 Å². The molecule has 0 radical (unpaired) electrons. The third-order valence-corrected chi connectivity index (χ3v) is 3.37. The summed E-state index contributed by atoms with van der Waals surface area (Å²) in [6.45, 7) is 1.57. The van der Waals surface area contributed by atoms with Gasteiger partial charge in [-0.05, 0) is 31.2 Å². The molecule has 0 amide bonds. The average molecular weight is 270 g/mol. The average Bonchev–Trinajstić information content (AvgIpc) is 2.81. The van der Waals surface area contributed by atoms with Crippen molar-refractivity contribution in [1.82, 2.24) is 5.32 Å². The van der Waals surface area contributed by atoms with Gasteiger partial charge in [-0.2, -0.15) is 13.2 Å². The zero-order valence-corrected chi connectivity index (χ0v) is 10.1. The van der Waals surface area contributed by atoms with Crippen LogP contribution in [0.2, 0.25) is 0 Å². The molecule has 2 heterocycles. The van der Waals surface area contributed by atoms with E-state index in [-0.39, 0.29) is 12.1 Å². The first kappa shape index (κ1) is 12.5. The number of rotatable bonds is 1.